The molecule has 0 fully saturated rings. The zero-order chi connectivity index (χ0) is 20.4. The molecule has 12 heteroatoms. The highest BCUT2D eigenvalue weighted by Gasteiger charge is 2.34. The third kappa shape index (κ3) is 2.97. The predicted molar refractivity (Wildman–Crippen MR) is 108 cm³/mol. The number of pyridine rings is 1. The minimum absolute atomic E-state index is 0.0922. The summed E-state index contributed by atoms with van der Waals surface area (Å²) in [5.74, 6) is 0.203. The molecule has 4 aromatic rings. The molecule has 0 saturated heterocycles. The largest absolute Gasteiger partial charge is 0.433 e. The lowest BCUT2D eigenvalue weighted by molar-refractivity contribution is -0.141. The smallest absolute Gasteiger partial charge is 0.325 e. The molecule has 0 aromatic carbocycles. The van der Waals surface area contributed by atoms with Gasteiger partial charge in [-0.1, -0.05) is 6.92 Å². The molecule has 0 atom stereocenters. The standard InChI is InChI=1S/C16H11BrF3N3O2S3/c1-3-28(24,25)14-12-11(7(17)6-26-12)27-13(14)15-22-8-4-10(16(18,19)20)21-5-9(8)23(15)2/h4-6H,3H2,1-2H3. The highest BCUT2D eigenvalue weighted by atomic mass is 79.9. The maximum atomic E-state index is 13.0. The lowest BCUT2D eigenvalue weighted by atomic mass is 10.3. The fraction of sp³-hybridized carbons (Fsp3) is 0.250. The zero-order valence-corrected chi connectivity index (χ0v) is 18.4. The average Bonchev–Trinajstić information content (AvgIpc) is 3.27. The van der Waals surface area contributed by atoms with E-state index in [1.165, 1.54) is 22.7 Å². The molecule has 0 aliphatic carbocycles. The number of imidazole rings is 1. The van der Waals surface area contributed by atoms with Crippen LogP contribution in [0.4, 0.5) is 13.2 Å². The number of aryl methyl sites for hydroxylation is 1. The summed E-state index contributed by atoms with van der Waals surface area (Å²) in [7, 11) is -1.95. The monoisotopic (exact) mass is 509 g/mol. The van der Waals surface area contributed by atoms with Crippen LogP contribution in [0.15, 0.2) is 27.0 Å². The van der Waals surface area contributed by atoms with Crippen LogP contribution in [0.1, 0.15) is 12.6 Å². The number of sulfone groups is 1. The summed E-state index contributed by atoms with van der Waals surface area (Å²) >= 11 is 5.98. The number of halogens is 4. The van der Waals surface area contributed by atoms with Gasteiger partial charge in [0.1, 0.15) is 10.6 Å². The fourth-order valence-corrected chi connectivity index (χ4v) is 8.04. The summed E-state index contributed by atoms with van der Waals surface area (Å²) in [4.78, 5) is 8.39. The first-order valence-corrected chi connectivity index (χ1v) is 12.0. The second kappa shape index (κ2) is 6.51. The Balaban J connectivity index is 2.04. The van der Waals surface area contributed by atoms with E-state index in [0.29, 0.717) is 20.9 Å². The third-order valence-electron chi connectivity index (χ3n) is 4.27. The lowest BCUT2D eigenvalue weighted by Gasteiger charge is -2.05. The van der Waals surface area contributed by atoms with E-state index in [0.717, 1.165) is 21.4 Å². The van der Waals surface area contributed by atoms with Crippen LogP contribution >= 0.6 is 38.6 Å². The summed E-state index contributed by atoms with van der Waals surface area (Å²) in [6.07, 6.45) is -3.48. The molecule has 148 valence electrons. The number of hydrogen-bond acceptors (Lipinski definition) is 6. The van der Waals surface area contributed by atoms with E-state index in [9.17, 15) is 21.6 Å². The quantitative estimate of drug-likeness (QED) is 0.366. The second-order valence-electron chi connectivity index (χ2n) is 5.96. The summed E-state index contributed by atoms with van der Waals surface area (Å²) in [6.45, 7) is 1.56. The first-order valence-electron chi connectivity index (χ1n) is 7.87. The molecule has 4 aromatic heterocycles. The third-order valence-corrected chi connectivity index (χ3v) is 9.86. The molecule has 5 nitrogen and oxygen atoms in total. The molecular weight excluding hydrogens is 499 g/mol. The van der Waals surface area contributed by atoms with E-state index in [4.69, 9.17) is 0 Å². The number of rotatable bonds is 3. The van der Waals surface area contributed by atoms with Gasteiger partial charge in [-0.15, -0.1) is 22.7 Å². The number of fused-ring (bicyclic) bond motifs is 2. The second-order valence-corrected chi connectivity index (χ2v) is 10.9. The molecule has 4 heterocycles. The van der Waals surface area contributed by atoms with Crippen LogP contribution in [0.25, 0.3) is 31.1 Å². The number of hydrogen-bond donors (Lipinski definition) is 0. The average molecular weight is 510 g/mol. The molecule has 0 radical (unpaired) electrons. The van der Waals surface area contributed by atoms with Crippen LogP contribution in [-0.4, -0.2) is 28.7 Å². The van der Waals surface area contributed by atoms with Crippen molar-refractivity contribution < 1.29 is 21.6 Å². The molecular formula is C16H11BrF3N3O2S3. The summed E-state index contributed by atoms with van der Waals surface area (Å²) < 4.78 is 68.2. The molecule has 0 amide bonds. The summed E-state index contributed by atoms with van der Waals surface area (Å²) in [5.41, 5.74) is -0.546. The minimum atomic E-state index is -4.58. The van der Waals surface area contributed by atoms with Gasteiger partial charge in [-0.05, 0) is 22.0 Å². The Kier molecular flexibility index (Phi) is 4.60. The minimum Gasteiger partial charge on any atom is -0.325 e. The van der Waals surface area contributed by atoms with Gasteiger partial charge in [0.2, 0.25) is 0 Å². The topological polar surface area (TPSA) is 64.8 Å². The van der Waals surface area contributed by atoms with E-state index in [1.54, 1.807) is 18.5 Å². The SMILES string of the molecule is CCS(=O)(=O)c1c(-c2nc3cc(C(F)(F)F)ncc3n2C)sc2c(Br)csc12. The molecule has 0 N–H and O–H groups in total. The van der Waals surface area contributed by atoms with Crippen molar-refractivity contribution in [3.05, 3.63) is 27.8 Å². The van der Waals surface area contributed by atoms with E-state index >= 15 is 0 Å². The van der Waals surface area contributed by atoms with Crippen LogP contribution in [0.2, 0.25) is 0 Å². The predicted octanol–water partition coefficient (Wildman–Crippen LogP) is 5.49. The van der Waals surface area contributed by atoms with Crippen molar-refractivity contribution in [2.24, 2.45) is 7.05 Å². The van der Waals surface area contributed by atoms with Gasteiger partial charge in [-0.25, -0.2) is 18.4 Å². The van der Waals surface area contributed by atoms with Gasteiger partial charge in [-0.2, -0.15) is 13.2 Å². The lowest BCUT2D eigenvalue weighted by Crippen LogP contribution is -2.07. The molecule has 4 rings (SSSR count). The Morgan fingerprint density at radius 2 is 2.00 bits per heavy atom. The van der Waals surface area contributed by atoms with Crippen LogP contribution < -0.4 is 0 Å². The van der Waals surface area contributed by atoms with Gasteiger partial charge in [0, 0.05) is 16.9 Å². The van der Waals surface area contributed by atoms with Crippen LogP contribution in [0.3, 0.4) is 0 Å². The van der Waals surface area contributed by atoms with Gasteiger partial charge in [0.25, 0.3) is 0 Å². The van der Waals surface area contributed by atoms with Gasteiger partial charge in [-0.3, -0.25) is 0 Å². The van der Waals surface area contributed by atoms with Gasteiger partial charge in [0.05, 0.1) is 37.3 Å². The Hall–Kier alpha value is -1.50. The number of aromatic nitrogens is 3. The highest BCUT2D eigenvalue weighted by molar-refractivity contribution is 9.10. The Morgan fingerprint density at radius 3 is 2.64 bits per heavy atom. The van der Waals surface area contributed by atoms with E-state index in [1.807, 2.05) is 5.38 Å². The molecule has 0 saturated carbocycles. The van der Waals surface area contributed by atoms with E-state index < -0.39 is 21.7 Å². The van der Waals surface area contributed by atoms with Gasteiger partial charge >= 0.3 is 6.18 Å². The van der Waals surface area contributed by atoms with Crippen LogP contribution in [-0.2, 0) is 23.1 Å². The normalized spacial score (nSPS) is 13.1. The maximum absolute atomic E-state index is 13.0. The van der Waals surface area contributed by atoms with Crippen LogP contribution in [0, 0.1) is 0 Å². The first kappa shape index (κ1) is 19.8. The Labute approximate surface area is 173 Å². The van der Waals surface area contributed by atoms with Crippen molar-refractivity contribution in [3.8, 4) is 10.7 Å². The highest BCUT2D eigenvalue weighted by Crippen LogP contribution is 2.47. The molecule has 0 aliphatic heterocycles. The zero-order valence-electron chi connectivity index (χ0n) is 14.3. The molecule has 0 bridgehead atoms. The Bertz CT molecular complexity index is 1340. The number of alkyl halides is 3. The molecule has 0 aliphatic rings. The van der Waals surface area contributed by atoms with Crippen LogP contribution in [0.5, 0.6) is 0 Å². The van der Waals surface area contributed by atoms with E-state index in [-0.39, 0.29) is 16.2 Å². The summed E-state index contributed by atoms with van der Waals surface area (Å²) in [5, 5.41) is 1.81. The number of nitrogens with zero attached hydrogens (tertiary/aromatic N) is 3. The summed E-state index contributed by atoms with van der Waals surface area (Å²) in [6, 6.07) is 0.874. The van der Waals surface area contributed by atoms with Crippen molar-refractivity contribution in [2.75, 3.05) is 5.75 Å². The maximum Gasteiger partial charge on any atom is 0.433 e. The molecule has 0 spiro atoms. The van der Waals surface area contributed by atoms with Crippen molar-refractivity contribution in [3.63, 3.8) is 0 Å². The van der Waals surface area contributed by atoms with Gasteiger partial charge in [0.15, 0.2) is 15.7 Å². The number of thiophene rings is 2. The van der Waals surface area contributed by atoms with Crippen molar-refractivity contribution in [1.29, 1.82) is 0 Å². The molecule has 0 unspecified atom stereocenters. The van der Waals surface area contributed by atoms with Crippen molar-refractivity contribution in [2.45, 2.75) is 18.0 Å². The van der Waals surface area contributed by atoms with Crippen molar-refractivity contribution in [1.82, 2.24) is 14.5 Å². The molecule has 28 heavy (non-hydrogen) atoms. The van der Waals surface area contributed by atoms with Crippen molar-refractivity contribution >= 4 is 68.9 Å². The van der Waals surface area contributed by atoms with E-state index in [2.05, 4.69) is 25.9 Å². The Morgan fingerprint density at radius 1 is 1.29 bits per heavy atom. The first-order chi connectivity index (χ1) is 13.0. The fourth-order valence-electron chi connectivity index (χ4n) is 2.85. The van der Waals surface area contributed by atoms with Gasteiger partial charge < -0.3 is 4.57 Å².